The summed E-state index contributed by atoms with van der Waals surface area (Å²) in [5.74, 6) is -1.58. The lowest BCUT2D eigenvalue weighted by Crippen LogP contribution is -2.54. The molecule has 36 heavy (non-hydrogen) atoms. The van der Waals surface area contributed by atoms with Gasteiger partial charge in [-0.05, 0) is 43.0 Å². The number of hydrogen-bond donors (Lipinski definition) is 2. The van der Waals surface area contributed by atoms with Gasteiger partial charge >= 0.3 is 5.97 Å². The maximum absolute atomic E-state index is 14.0. The Labute approximate surface area is 218 Å². The van der Waals surface area contributed by atoms with Gasteiger partial charge in [0, 0.05) is 34.0 Å². The third kappa shape index (κ3) is 3.37. The second kappa shape index (κ2) is 8.39. The van der Waals surface area contributed by atoms with E-state index in [2.05, 4.69) is 5.32 Å². The van der Waals surface area contributed by atoms with Gasteiger partial charge in [-0.15, -0.1) is 0 Å². The quantitative estimate of drug-likeness (QED) is 0.541. The number of halogens is 2. The summed E-state index contributed by atoms with van der Waals surface area (Å²) in [5.41, 5.74) is 6.61. The minimum atomic E-state index is -1.75. The number of carbonyl (C=O) groups is 3. The maximum Gasteiger partial charge on any atom is 0.339 e. The lowest BCUT2D eigenvalue weighted by atomic mass is 9.60. The highest BCUT2D eigenvalue weighted by molar-refractivity contribution is 6.35. The van der Waals surface area contributed by atoms with Gasteiger partial charge in [0.1, 0.15) is 16.8 Å². The average molecular weight is 526 g/mol. The van der Waals surface area contributed by atoms with Crippen molar-refractivity contribution >= 4 is 52.2 Å². The van der Waals surface area contributed by atoms with Gasteiger partial charge in [-0.3, -0.25) is 14.5 Å². The van der Waals surface area contributed by atoms with Crippen LogP contribution in [0.1, 0.15) is 39.2 Å². The molecule has 0 saturated heterocycles. The molecule has 1 aliphatic carbocycles. The number of esters is 1. The molecule has 0 fully saturated rings. The first-order valence-electron chi connectivity index (χ1n) is 11.6. The molecular formula is C27H25Cl2N3O4. The summed E-state index contributed by atoms with van der Waals surface area (Å²) >= 11 is 12.9. The SMILES string of the molecule is CCOC(=O)C1=C(N)N(c2cc(Cl)ccc2Cl)C2=C(C(=O)CC(C)(C)C2)C12C(=O)Nc1ccccc12. The third-order valence-electron chi connectivity index (χ3n) is 6.92. The normalized spacial score (nSPS) is 22.5. The van der Waals surface area contributed by atoms with Gasteiger partial charge in [0.25, 0.3) is 0 Å². The van der Waals surface area contributed by atoms with Gasteiger partial charge in [-0.1, -0.05) is 55.2 Å². The summed E-state index contributed by atoms with van der Waals surface area (Å²) in [6.07, 6.45) is 0.598. The minimum absolute atomic E-state index is 0.0336. The van der Waals surface area contributed by atoms with Crippen molar-refractivity contribution < 1.29 is 19.1 Å². The van der Waals surface area contributed by atoms with Gasteiger partial charge in [0.15, 0.2) is 5.78 Å². The van der Waals surface area contributed by atoms with Gasteiger partial charge in [0.2, 0.25) is 5.91 Å². The minimum Gasteiger partial charge on any atom is -0.462 e. The molecular weight excluding hydrogens is 501 g/mol. The van der Waals surface area contributed by atoms with Crippen molar-refractivity contribution in [1.82, 2.24) is 0 Å². The van der Waals surface area contributed by atoms with Gasteiger partial charge < -0.3 is 15.8 Å². The number of allylic oxidation sites excluding steroid dienone is 1. The largest absolute Gasteiger partial charge is 0.462 e. The number of carbonyl (C=O) groups excluding carboxylic acids is 3. The first kappa shape index (κ1) is 24.4. The highest BCUT2D eigenvalue weighted by Crippen LogP contribution is 2.57. The van der Waals surface area contributed by atoms with Crippen LogP contribution in [0.4, 0.5) is 11.4 Å². The predicted octanol–water partition coefficient (Wildman–Crippen LogP) is 5.08. The third-order valence-corrected chi connectivity index (χ3v) is 7.47. The summed E-state index contributed by atoms with van der Waals surface area (Å²) in [7, 11) is 0. The zero-order valence-corrected chi connectivity index (χ0v) is 21.6. The second-order valence-electron chi connectivity index (χ2n) is 9.92. The number of amides is 1. The second-order valence-corrected chi connectivity index (χ2v) is 10.8. The van der Waals surface area contributed by atoms with E-state index < -0.39 is 22.7 Å². The van der Waals surface area contributed by atoms with Crippen LogP contribution in [0.2, 0.25) is 10.0 Å². The Morgan fingerprint density at radius 1 is 1.14 bits per heavy atom. The number of hydrogen-bond acceptors (Lipinski definition) is 6. The molecule has 0 aromatic heterocycles. The first-order chi connectivity index (χ1) is 17.0. The first-order valence-corrected chi connectivity index (χ1v) is 12.4. The molecule has 1 unspecified atom stereocenters. The van der Waals surface area contributed by atoms with Crippen molar-refractivity contribution in [2.45, 2.75) is 39.0 Å². The van der Waals surface area contributed by atoms with Gasteiger partial charge in [0.05, 0.1) is 17.3 Å². The molecule has 2 aliphatic heterocycles. The monoisotopic (exact) mass is 525 g/mol. The van der Waals surface area contributed by atoms with E-state index in [0.29, 0.717) is 39.1 Å². The molecule has 0 radical (unpaired) electrons. The Balaban J connectivity index is 1.94. The Hall–Kier alpha value is -3.29. The van der Waals surface area contributed by atoms with E-state index in [1.807, 2.05) is 13.8 Å². The fraction of sp³-hybridized carbons (Fsp3) is 0.296. The van der Waals surface area contributed by atoms with Crippen LogP contribution in [-0.4, -0.2) is 24.3 Å². The molecule has 9 heteroatoms. The summed E-state index contributed by atoms with van der Waals surface area (Å²) in [6, 6.07) is 11.9. The number of ether oxygens (including phenoxy) is 1. The van der Waals surface area contributed by atoms with Crippen molar-refractivity contribution in [3.8, 4) is 0 Å². The topological polar surface area (TPSA) is 102 Å². The molecule has 5 rings (SSSR count). The zero-order chi connectivity index (χ0) is 26.0. The molecule has 7 nitrogen and oxygen atoms in total. The van der Waals surface area contributed by atoms with E-state index in [1.54, 1.807) is 54.3 Å². The molecule has 3 aliphatic rings. The van der Waals surface area contributed by atoms with Crippen LogP contribution in [-0.2, 0) is 24.5 Å². The zero-order valence-electron chi connectivity index (χ0n) is 20.1. The number of Topliss-reactive ketones (excluding diaryl/α,β-unsaturated/α-hetero) is 1. The predicted molar refractivity (Wildman–Crippen MR) is 139 cm³/mol. The summed E-state index contributed by atoms with van der Waals surface area (Å²) in [5, 5.41) is 3.58. The molecule has 186 valence electrons. The van der Waals surface area contributed by atoms with E-state index in [4.69, 9.17) is 33.7 Å². The van der Waals surface area contributed by atoms with Crippen molar-refractivity contribution in [3.63, 3.8) is 0 Å². The molecule has 1 amide bonds. The lowest BCUT2D eigenvalue weighted by molar-refractivity contribution is -0.140. The van der Waals surface area contributed by atoms with Crippen molar-refractivity contribution in [2.75, 3.05) is 16.8 Å². The number of nitrogens with zero attached hydrogens (tertiary/aromatic N) is 1. The van der Waals surface area contributed by atoms with E-state index in [0.717, 1.165) is 0 Å². The number of rotatable bonds is 3. The number of para-hydroxylation sites is 1. The lowest BCUT2D eigenvalue weighted by Gasteiger charge is -2.47. The van der Waals surface area contributed by atoms with Crippen LogP contribution < -0.4 is 16.0 Å². The molecule has 2 aromatic carbocycles. The van der Waals surface area contributed by atoms with E-state index >= 15 is 0 Å². The molecule has 1 spiro atoms. The molecule has 0 saturated carbocycles. The van der Waals surface area contributed by atoms with Crippen LogP contribution in [0.25, 0.3) is 0 Å². The molecule has 0 bridgehead atoms. The molecule has 2 aromatic rings. The van der Waals surface area contributed by atoms with Crippen LogP contribution >= 0.6 is 23.2 Å². The number of benzene rings is 2. The number of fused-ring (bicyclic) bond motifs is 3. The fourth-order valence-electron chi connectivity index (χ4n) is 5.63. The molecule has 1 atom stereocenters. The fourth-order valence-corrected chi connectivity index (χ4v) is 5.99. The van der Waals surface area contributed by atoms with E-state index in [-0.39, 0.29) is 35.8 Å². The van der Waals surface area contributed by atoms with Gasteiger partial charge in [-0.25, -0.2) is 4.79 Å². The van der Waals surface area contributed by atoms with Crippen LogP contribution in [0.15, 0.2) is 65.1 Å². The van der Waals surface area contributed by atoms with Crippen LogP contribution in [0.3, 0.4) is 0 Å². The summed E-state index contributed by atoms with van der Waals surface area (Å²) in [6.45, 7) is 5.67. The van der Waals surface area contributed by atoms with E-state index in [9.17, 15) is 14.4 Å². The number of nitrogens with one attached hydrogen (secondary N) is 1. The van der Waals surface area contributed by atoms with Crippen molar-refractivity contribution in [3.05, 3.63) is 80.7 Å². The molecule has 3 N–H and O–H groups in total. The Bertz CT molecular complexity index is 1410. The number of nitrogens with two attached hydrogens (primary N) is 1. The Morgan fingerprint density at radius 3 is 2.58 bits per heavy atom. The maximum atomic E-state index is 14.0. The Morgan fingerprint density at radius 2 is 1.86 bits per heavy atom. The summed E-state index contributed by atoms with van der Waals surface area (Å²) < 4.78 is 5.42. The van der Waals surface area contributed by atoms with Gasteiger partial charge in [-0.2, -0.15) is 0 Å². The van der Waals surface area contributed by atoms with E-state index in [1.165, 1.54) is 0 Å². The smallest absolute Gasteiger partial charge is 0.339 e. The van der Waals surface area contributed by atoms with Crippen LogP contribution in [0.5, 0.6) is 0 Å². The van der Waals surface area contributed by atoms with Crippen molar-refractivity contribution in [2.24, 2.45) is 11.1 Å². The highest BCUT2D eigenvalue weighted by Gasteiger charge is 2.63. The number of ketones is 1. The summed E-state index contributed by atoms with van der Waals surface area (Å²) in [4.78, 5) is 43.1. The molecule has 2 heterocycles. The van der Waals surface area contributed by atoms with Crippen molar-refractivity contribution in [1.29, 1.82) is 0 Å². The highest BCUT2D eigenvalue weighted by atomic mass is 35.5. The number of anilines is 2. The standard InChI is InChI=1S/C27H25Cl2N3O4/c1-4-36-24(34)22-23(30)32(18-11-14(28)9-10-16(18)29)19-12-26(2,3)13-20(33)21(19)27(22)15-7-5-6-8-17(15)31-25(27)35/h5-11H,4,12-13,30H2,1-3H3,(H,31,35). The van der Waals surface area contributed by atoms with Crippen LogP contribution in [0, 0.1) is 5.41 Å². The average Bonchev–Trinajstić information content (AvgIpc) is 3.07. The Kier molecular flexibility index (Phi) is 5.69.